The highest BCUT2D eigenvalue weighted by Gasteiger charge is 2.06. The van der Waals surface area contributed by atoms with E-state index < -0.39 is 0 Å². The number of hydrogen-bond acceptors (Lipinski definition) is 2. The van der Waals surface area contributed by atoms with Crippen LogP contribution in [0.25, 0.3) is 17.8 Å². The maximum atomic E-state index is 5.72. The zero-order valence-corrected chi connectivity index (χ0v) is 11.7. The normalized spacial score (nSPS) is 11.1. The average Bonchev–Trinajstić information content (AvgIpc) is 2.98. The summed E-state index contributed by atoms with van der Waals surface area (Å²) in [4.78, 5) is 0. The Labute approximate surface area is 124 Å². The zero-order valence-electron chi connectivity index (χ0n) is 11.7. The Morgan fingerprint density at radius 2 is 1.57 bits per heavy atom. The molecular formula is C18H17N3. The number of aromatic nitrogens is 2. The van der Waals surface area contributed by atoms with Crippen LogP contribution in [0.5, 0.6) is 0 Å². The molecule has 0 aliphatic carbocycles. The van der Waals surface area contributed by atoms with Crippen LogP contribution in [0.15, 0.2) is 66.7 Å². The summed E-state index contributed by atoms with van der Waals surface area (Å²) >= 11 is 0. The molecule has 0 bridgehead atoms. The van der Waals surface area contributed by atoms with E-state index in [4.69, 9.17) is 5.73 Å². The molecule has 3 aromatic rings. The Bertz CT molecular complexity index is 728. The summed E-state index contributed by atoms with van der Waals surface area (Å²) in [6.45, 7) is 0.437. The van der Waals surface area contributed by atoms with Crippen molar-refractivity contribution in [2.24, 2.45) is 5.73 Å². The maximum absolute atomic E-state index is 5.72. The molecule has 3 heteroatoms. The molecule has 1 heterocycles. The lowest BCUT2D eigenvalue weighted by Crippen LogP contribution is -2.01. The quantitative estimate of drug-likeness (QED) is 0.792. The molecule has 2 aromatic carbocycles. The van der Waals surface area contributed by atoms with Gasteiger partial charge in [0.2, 0.25) is 0 Å². The summed E-state index contributed by atoms with van der Waals surface area (Å²) in [6.07, 6.45) is 4.14. The molecule has 2 N–H and O–H groups in total. The predicted octanol–water partition coefficient (Wildman–Crippen LogP) is 3.50. The van der Waals surface area contributed by atoms with Gasteiger partial charge in [0, 0.05) is 6.54 Å². The first kappa shape index (κ1) is 13.3. The highest BCUT2D eigenvalue weighted by Crippen LogP contribution is 2.15. The summed E-state index contributed by atoms with van der Waals surface area (Å²) in [5, 5.41) is 4.55. The van der Waals surface area contributed by atoms with Crippen molar-refractivity contribution in [3.63, 3.8) is 0 Å². The van der Waals surface area contributed by atoms with Gasteiger partial charge in [-0.1, -0.05) is 54.6 Å². The van der Waals surface area contributed by atoms with E-state index in [9.17, 15) is 0 Å². The third kappa shape index (κ3) is 3.09. The fraction of sp³-hybridized carbons (Fsp3) is 0.0556. The van der Waals surface area contributed by atoms with Gasteiger partial charge in [0.25, 0.3) is 0 Å². The maximum Gasteiger partial charge on any atom is 0.0771 e. The Morgan fingerprint density at radius 3 is 2.24 bits per heavy atom. The minimum atomic E-state index is 0.437. The van der Waals surface area contributed by atoms with Gasteiger partial charge in [-0.15, -0.1) is 0 Å². The van der Waals surface area contributed by atoms with E-state index >= 15 is 0 Å². The highest BCUT2D eigenvalue weighted by molar-refractivity contribution is 5.69. The first-order valence-electron chi connectivity index (χ1n) is 6.94. The van der Waals surface area contributed by atoms with Crippen LogP contribution in [0.4, 0.5) is 0 Å². The topological polar surface area (TPSA) is 43.8 Å². The summed E-state index contributed by atoms with van der Waals surface area (Å²) in [6, 6.07) is 22.3. The Kier molecular flexibility index (Phi) is 3.94. The lowest BCUT2D eigenvalue weighted by Gasteiger charge is -2.03. The van der Waals surface area contributed by atoms with E-state index in [1.54, 1.807) is 0 Å². The molecule has 0 amide bonds. The molecule has 104 valence electrons. The number of benzene rings is 2. The van der Waals surface area contributed by atoms with E-state index in [0.717, 1.165) is 22.6 Å². The molecule has 1 aromatic heterocycles. The minimum Gasteiger partial charge on any atom is -0.325 e. The van der Waals surface area contributed by atoms with Crippen LogP contribution in [-0.4, -0.2) is 9.78 Å². The molecule has 0 saturated heterocycles. The summed E-state index contributed by atoms with van der Waals surface area (Å²) in [5.41, 5.74) is 9.81. The summed E-state index contributed by atoms with van der Waals surface area (Å²) in [7, 11) is 0. The molecule has 0 aliphatic heterocycles. The molecule has 0 spiro atoms. The van der Waals surface area contributed by atoms with Gasteiger partial charge in [0.05, 0.1) is 17.1 Å². The van der Waals surface area contributed by atoms with Gasteiger partial charge in [0.1, 0.15) is 0 Å². The number of nitrogens with two attached hydrogens (primary N) is 1. The van der Waals surface area contributed by atoms with Crippen molar-refractivity contribution in [2.45, 2.75) is 6.54 Å². The zero-order chi connectivity index (χ0) is 14.5. The fourth-order valence-electron chi connectivity index (χ4n) is 2.19. The first-order valence-corrected chi connectivity index (χ1v) is 6.94. The Hall–Kier alpha value is -2.65. The molecule has 21 heavy (non-hydrogen) atoms. The van der Waals surface area contributed by atoms with E-state index in [-0.39, 0.29) is 0 Å². The van der Waals surface area contributed by atoms with Gasteiger partial charge >= 0.3 is 0 Å². The number of hydrogen-bond donors (Lipinski definition) is 1. The van der Waals surface area contributed by atoms with Crippen LogP contribution in [0.3, 0.4) is 0 Å². The summed E-state index contributed by atoms with van der Waals surface area (Å²) < 4.78 is 1.92. The second-order valence-corrected chi connectivity index (χ2v) is 4.76. The monoisotopic (exact) mass is 275 g/mol. The van der Waals surface area contributed by atoms with Crippen LogP contribution in [-0.2, 0) is 6.54 Å². The smallest absolute Gasteiger partial charge is 0.0771 e. The second-order valence-electron chi connectivity index (χ2n) is 4.76. The van der Waals surface area contributed by atoms with Crippen molar-refractivity contribution in [3.05, 3.63) is 83.7 Å². The van der Waals surface area contributed by atoms with Crippen LogP contribution < -0.4 is 5.73 Å². The number of para-hydroxylation sites is 1. The molecule has 0 radical (unpaired) electrons. The third-order valence-corrected chi connectivity index (χ3v) is 3.24. The Morgan fingerprint density at radius 1 is 0.905 bits per heavy atom. The predicted molar refractivity (Wildman–Crippen MR) is 86.8 cm³/mol. The summed E-state index contributed by atoms with van der Waals surface area (Å²) in [5.74, 6) is 0. The fourth-order valence-corrected chi connectivity index (χ4v) is 2.19. The third-order valence-electron chi connectivity index (χ3n) is 3.24. The molecule has 0 aliphatic rings. The number of rotatable bonds is 4. The van der Waals surface area contributed by atoms with Crippen molar-refractivity contribution < 1.29 is 0 Å². The molecule has 0 unspecified atom stereocenters. The van der Waals surface area contributed by atoms with Gasteiger partial charge in [-0.3, -0.25) is 0 Å². The molecular weight excluding hydrogens is 258 g/mol. The minimum absolute atomic E-state index is 0.437. The SMILES string of the molecule is NCc1cc(C=Cc2ccccc2)n(-c2ccccc2)n1. The van der Waals surface area contributed by atoms with Gasteiger partial charge in [-0.25, -0.2) is 4.68 Å². The van der Waals surface area contributed by atoms with Gasteiger partial charge in [-0.05, 0) is 29.8 Å². The molecule has 0 saturated carbocycles. The molecule has 3 rings (SSSR count). The van der Waals surface area contributed by atoms with Gasteiger partial charge < -0.3 is 5.73 Å². The van der Waals surface area contributed by atoms with E-state index in [0.29, 0.717) is 6.54 Å². The standard InChI is InChI=1S/C18H17N3/c19-14-16-13-18(12-11-15-7-3-1-4-8-15)21(20-16)17-9-5-2-6-10-17/h1-13H,14,19H2. The van der Waals surface area contributed by atoms with Crippen molar-refractivity contribution in [1.29, 1.82) is 0 Å². The van der Waals surface area contributed by atoms with E-state index in [2.05, 4.69) is 29.4 Å². The second kappa shape index (κ2) is 6.20. The van der Waals surface area contributed by atoms with E-state index in [1.807, 2.05) is 59.3 Å². The number of nitrogens with zero attached hydrogens (tertiary/aromatic N) is 2. The Balaban J connectivity index is 1.98. The molecule has 0 atom stereocenters. The van der Waals surface area contributed by atoms with Crippen LogP contribution in [0.2, 0.25) is 0 Å². The highest BCUT2D eigenvalue weighted by atomic mass is 15.3. The lowest BCUT2D eigenvalue weighted by atomic mass is 10.2. The van der Waals surface area contributed by atoms with Crippen molar-refractivity contribution in [3.8, 4) is 5.69 Å². The molecule has 0 fully saturated rings. The molecule has 3 nitrogen and oxygen atoms in total. The van der Waals surface area contributed by atoms with Crippen molar-refractivity contribution in [1.82, 2.24) is 9.78 Å². The first-order chi connectivity index (χ1) is 10.4. The van der Waals surface area contributed by atoms with Crippen LogP contribution >= 0.6 is 0 Å². The van der Waals surface area contributed by atoms with E-state index in [1.165, 1.54) is 0 Å². The largest absolute Gasteiger partial charge is 0.325 e. The van der Waals surface area contributed by atoms with Crippen LogP contribution in [0.1, 0.15) is 17.0 Å². The van der Waals surface area contributed by atoms with Crippen molar-refractivity contribution in [2.75, 3.05) is 0 Å². The van der Waals surface area contributed by atoms with Gasteiger partial charge in [0.15, 0.2) is 0 Å². The van der Waals surface area contributed by atoms with Crippen LogP contribution in [0, 0.1) is 0 Å². The van der Waals surface area contributed by atoms with Crippen molar-refractivity contribution >= 4 is 12.2 Å². The lowest BCUT2D eigenvalue weighted by molar-refractivity contribution is 0.828. The average molecular weight is 275 g/mol. The van der Waals surface area contributed by atoms with Gasteiger partial charge in [-0.2, -0.15) is 5.10 Å².